The molecule has 0 aliphatic carbocycles. The van der Waals surface area contributed by atoms with E-state index in [4.69, 9.17) is 0 Å². The molecule has 5 nitrogen and oxygen atoms in total. The summed E-state index contributed by atoms with van der Waals surface area (Å²) in [6.45, 7) is 6.36. The number of piperidine rings is 1. The molecule has 1 amide bonds. The quantitative estimate of drug-likeness (QED) is 0.868. The molecule has 0 atom stereocenters. The van der Waals surface area contributed by atoms with E-state index in [0.717, 1.165) is 30.9 Å². The van der Waals surface area contributed by atoms with Gasteiger partial charge in [0, 0.05) is 19.7 Å². The van der Waals surface area contributed by atoms with Crippen LogP contribution in [0.3, 0.4) is 0 Å². The minimum atomic E-state index is 0.110. The maximum atomic E-state index is 12.1. The second-order valence-electron chi connectivity index (χ2n) is 6.04. The van der Waals surface area contributed by atoms with E-state index in [9.17, 15) is 4.79 Å². The molecular weight excluding hydrogens is 252 g/mol. The predicted molar refractivity (Wildman–Crippen MR) is 80.8 cm³/mol. The van der Waals surface area contributed by atoms with Crippen LogP contribution in [0, 0.1) is 5.92 Å². The highest BCUT2D eigenvalue weighted by Gasteiger charge is 2.17. The highest BCUT2D eigenvalue weighted by molar-refractivity contribution is 5.91. The van der Waals surface area contributed by atoms with Gasteiger partial charge in [0.2, 0.25) is 5.91 Å². The highest BCUT2D eigenvalue weighted by Crippen LogP contribution is 2.23. The van der Waals surface area contributed by atoms with Gasteiger partial charge in [-0.2, -0.15) is 5.10 Å². The number of carbonyl (C=O) groups excluding carboxylic acids is 1. The summed E-state index contributed by atoms with van der Waals surface area (Å²) in [4.78, 5) is 12.1. The highest BCUT2D eigenvalue weighted by atomic mass is 16.1. The van der Waals surface area contributed by atoms with Crippen molar-refractivity contribution in [2.75, 3.05) is 18.4 Å². The molecule has 1 fully saturated rings. The normalized spacial score (nSPS) is 16.6. The van der Waals surface area contributed by atoms with E-state index in [1.807, 2.05) is 13.2 Å². The van der Waals surface area contributed by atoms with Gasteiger partial charge in [-0.1, -0.05) is 13.8 Å². The lowest BCUT2D eigenvalue weighted by Crippen LogP contribution is -2.28. The molecule has 0 bridgehead atoms. The first-order valence-electron chi connectivity index (χ1n) is 7.60. The average Bonchev–Trinajstić information content (AvgIpc) is 2.79. The third-order valence-electron chi connectivity index (χ3n) is 3.92. The molecule has 2 rings (SSSR count). The van der Waals surface area contributed by atoms with E-state index in [1.165, 1.54) is 12.8 Å². The lowest BCUT2D eigenvalue weighted by molar-refractivity contribution is -0.116. The molecule has 0 unspecified atom stereocenters. The molecule has 0 saturated carbocycles. The third kappa shape index (κ3) is 4.07. The number of amides is 1. The minimum Gasteiger partial charge on any atom is -0.323 e. The van der Waals surface area contributed by atoms with Gasteiger partial charge in [-0.3, -0.25) is 9.48 Å². The van der Waals surface area contributed by atoms with Crippen LogP contribution >= 0.6 is 0 Å². The van der Waals surface area contributed by atoms with Gasteiger partial charge in [0.15, 0.2) is 0 Å². The largest absolute Gasteiger partial charge is 0.323 e. The molecule has 5 heteroatoms. The maximum absolute atomic E-state index is 12.1. The molecule has 1 aromatic rings. The van der Waals surface area contributed by atoms with Gasteiger partial charge >= 0.3 is 0 Å². The second kappa shape index (κ2) is 6.88. The number of hydrogen-bond acceptors (Lipinski definition) is 3. The van der Waals surface area contributed by atoms with Crippen LogP contribution in [-0.2, 0) is 11.8 Å². The summed E-state index contributed by atoms with van der Waals surface area (Å²) >= 11 is 0. The number of hydrogen-bond donors (Lipinski definition) is 2. The summed E-state index contributed by atoms with van der Waals surface area (Å²) in [5, 5.41) is 10.8. The zero-order valence-corrected chi connectivity index (χ0v) is 12.8. The van der Waals surface area contributed by atoms with Crippen molar-refractivity contribution in [1.82, 2.24) is 15.1 Å². The van der Waals surface area contributed by atoms with E-state index in [1.54, 1.807) is 4.68 Å². The van der Waals surface area contributed by atoms with Crippen LogP contribution in [0.1, 0.15) is 51.1 Å². The van der Waals surface area contributed by atoms with Crippen LogP contribution in [0.4, 0.5) is 5.69 Å². The van der Waals surface area contributed by atoms with Crippen LogP contribution in [0.25, 0.3) is 0 Å². The van der Waals surface area contributed by atoms with Gasteiger partial charge in [0.05, 0.1) is 11.4 Å². The Bertz CT molecular complexity index is 447. The molecule has 2 heterocycles. The Kier molecular flexibility index (Phi) is 5.17. The predicted octanol–water partition coefficient (Wildman–Crippen LogP) is 2.26. The standard InChI is InChI=1S/C15H26N4O/c1-11(2)15-13(10-19(3)18-15)17-14(20)5-4-12-6-8-16-9-7-12/h10-12,16H,4-9H2,1-3H3,(H,17,20). The third-order valence-corrected chi connectivity index (χ3v) is 3.92. The van der Waals surface area contributed by atoms with Gasteiger partial charge in [-0.15, -0.1) is 0 Å². The summed E-state index contributed by atoms with van der Waals surface area (Å²) in [6, 6.07) is 0. The molecule has 1 saturated heterocycles. The summed E-state index contributed by atoms with van der Waals surface area (Å²) < 4.78 is 1.76. The maximum Gasteiger partial charge on any atom is 0.224 e. The summed E-state index contributed by atoms with van der Waals surface area (Å²) in [7, 11) is 1.89. The van der Waals surface area contributed by atoms with Crippen LogP contribution < -0.4 is 10.6 Å². The fourth-order valence-corrected chi connectivity index (χ4v) is 2.75. The number of rotatable bonds is 5. The van der Waals surface area contributed by atoms with E-state index >= 15 is 0 Å². The Labute approximate surface area is 121 Å². The van der Waals surface area contributed by atoms with Gasteiger partial charge in [0.25, 0.3) is 0 Å². The van der Waals surface area contributed by atoms with Crippen molar-refractivity contribution in [2.45, 2.75) is 45.4 Å². The van der Waals surface area contributed by atoms with Crippen molar-refractivity contribution in [1.29, 1.82) is 0 Å². The van der Waals surface area contributed by atoms with Gasteiger partial charge in [-0.25, -0.2) is 0 Å². The molecular formula is C15H26N4O. The molecule has 1 aliphatic rings. The molecule has 2 N–H and O–H groups in total. The number of nitrogens with zero attached hydrogens (tertiary/aromatic N) is 2. The number of aryl methyl sites for hydroxylation is 1. The van der Waals surface area contributed by atoms with Crippen molar-refractivity contribution in [3.8, 4) is 0 Å². The first kappa shape index (κ1) is 15.0. The zero-order valence-electron chi connectivity index (χ0n) is 12.8. The van der Waals surface area contributed by atoms with Crippen LogP contribution in [0.2, 0.25) is 0 Å². The fraction of sp³-hybridized carbons (Fsp3) is 0.733. The number of anilines is 1. The van der Waals surface area contributed by atoms with Crippen LogP contribution in [0.15, 0.2) is 6.20 Å². The second-order valence-corrected chi connectivity index (χ2v) is 6.04. The molecule has 0 aromatic carbocycles. The van der Waals surface area contributed by atoms with Crippen molar-refractivity contribution in [3.05, 3.63) is 11.9 Å². The number of carbonyl (C=O) groups is 1. The van der Waals surface area contributed by atoms with E-state index < -0.39 is 0 Å². The lowest BCUT2D eigenvalue weighted by atomic mass is 9.93. The Morgan fingerprint density at radius 3 is 2.85 bits per heavy atom. The summed E-state index contributed by atoms with van der Waals surface area (Å²) in [5.74, 6) is 1.12. The van der Waals surface area contributed by atoms with Crippen molar-refractivity contribution >= 4 is 11.6 Å². The van der Waals surface area contributed by atoms with E-state index in [2.05, 4.69) is 29.6 Å². The molecule has 0 spiro atoms. The van der Waals surface area contributed by atoms with Gasteiger partial charge in [-0.05, 0) is 44.2 Å². The molecule has 0 radical (unpaired) electrons. The van der Waals surface area contributed by atoms with Crippen LogP contribution in [-0.4, -0.2) is 28.8 Å². The number of aromatic nitrogens is 2. The van der Waals surface area contributed by atoms with E-state index in [-0.39, 0.29) is 5.91 Å². The Balaban J connectivity index is 1.84. The first-order chi connectivity index (χ1) is 9.56. The smallest absolute Gasteiger partial charge is 0.224 e. The molecule has 1 aliphatic heterocycles. The number of nitrogens with one attached hydrogen (secondary N) is 2. The molecule has 112 valence electrons. The van der Waals surface area contributed by atoms with E-state index in [0.29, 0.717) is 18.3 Å². The monoisotopic (exact) mass is 278 g/mol. The van der Waals surface area contributed by atoms with Crippen LogP contribution in [0.5, 0.6) is 0 Å². The minimum absolute atomic E-state index is 0.110. The Morgan fingerprint density at radius 2 is 2.20 bits per heavy atom. The zero-order chi connectivity index (χ0) is 14.5. The SMILES string of the molecule is CC(C)c1nn(C)cc1NC(=O)CCC1CCNCC1. The topological polar surface area (TPSA) is 59.0 Å². The first-order valence-corrected chi connectivity index (χ1v) is 7.60. The molecule has 20 heavy (non-hydrogen) atoms. The lowest BCUT2D eigenvalue weighted by Gasteiger charge is -2.22. The average molecular weight is 278 g/mol. The summed E-state index contributed by atoms with van der Waals surface area (Å²) in [6.07, 6.45) is 5.87. The van der Waals surface area contributed by atoms with Crippen molar-refractivity contribution < 1.29 is 4.79 Å². The van der Waals surface area contributed by atoms with Crippen molar-refractivity contribution in [2.24, 2.45) is 13.0 Å². The molecule has 1 aromatic heterocycles. The Morgan fingerprint density at radius 1 is 1.50 bits per heavy atom. The van der Waals surface area contributed by atoms with Gasteiger partial charge < -0.3 is 10.6 Å². The summed E-state index contributed by atoms with van der Waals surface area (Å²) in [5.41, 5.74) is 1.82. The van der Waals surface area contributed by atoms with Gasteiger partial charge in [0.1, 0.15) is 0 Å². The fourth-order valence-electron chi connectivity index (χ4n) is 2.75. The van der Waals surface area contributed by atoms with Crippen molar-refractivity contribution in [3.63, 3.8) is 0 Å². The Hall–Kier alpha value is -1.36.